The average molecular weight is 312 g/mol. The highest BCUT2D eigenvalue weighted by Gasteiger charge is 2.19. The van der Waals surface area contributed by atoms with Crippen LogP contribution in [0.2, 0.25) is 0 Å². The van der Waals surface area contributed by atoms with Gasteiger partial charge in [-0.2, -0.15) is 10.5 Å². The second-order valence-electron chi connectivity index (χ2n) is 5.87. The number of nitrogens with zero attached hydrogens (tertiary/aromatic N) is 4. The quantitative estimate of drug-likeness (QED) is 0.738. The minimum Gasteiger partial charge on any atom is -0.478 e. The monoisotopic (exact) mass is 312 g/mol. The van der Waals surface area contributed by atoms with E-state index in [0.29, 0.717) is 5.69 Å². The SMILES string of the molecule is CC(C)(C)c1ccc(C(=O)O)cc1NC=C(C#N)c1nn[nH]n1. The molecule has 1 heterocycles. The number of carboxylic acids is 1. The number of benzene rings is 1. The zero-order valence-electron chi connectivity index (χ0n) is 13.0. The van der Waals surface area contributed by atoms with Gasteiger partial charge in [0.25, 0.3) is 0 Å². The minimum absolute atomic E-state index is 0.159. The van der Waals surface area contributed by atoms with E-state index in [9.17, 15) is 10.1 Å². The van der Waals surface area contributed by atoms with Gasteiger partial charge in [-0.15, -0.1) is 10.2 Å². The Morgan fingerprint density at radius 1 is 1.43 bits per heavy atom. The van der Waals surface area contributed by atoms with Gasteiger partial charge in [0.05, 0.1) is 5.56 Å². The van der Waals surface area contributed by atoms with Crippen LogP contribution in [0.1, 0.15) is 42.5 Å². The number of hydrogen-bond donors (Lipinski definition) is 3. The van der Waals surface area contributed by atoms with Crippen LogP contribution >= 0.6 is 0 Å². The third kappa shape index (κ3) is 3.71. The molecule has 1 aromatic heterocycles. The van der Waals surface area contributed by atoms with Crippen LogP contribution in [0.4, 0.5) is 5.69 Å². The zero-order valence-corrected chi connectivity index (χ0v) is 13.0. The molecule has 0 bridgehead atoms. The average Bonchev–Trinajstić information content (AvgIpc) is 3.00. The fourth-order valence-corrected chi connectivity index (χ4v) is 2.02. The molecular weight excluding hydrogens is 296 g/mol. The molecule has 0 amide bonds. The van der Waals surface area contributed by atoms with Crippen LogP contribution in [0.5, 0.6) is 0 Å². The Bertz CT molecular complexity index is 781. The molecule has 8 nitrogen and oxygen atoms in total. The van der Waals surface area contributed by atoms with Gasteiger partial charge in [0.1, 0.15) is 11.6 Å². The third-order valence-corrected chi connectivity index (χ3v) is 3.15. The Hall–Kier alpha value is -3.21. The summed E-state index contributed by atoms with van der Waals surface area (Å²) in [5, 5.41) is 34.5. The lowest BCUT2D eigenvalue weighted by Crippen LogP contribution is -2.14. The van der Waals surface area contributed by atoms with Crippen LogP contribution in [-0.2, 0) is 5.41 Å². The molecule has 3 N–H and O–H groups in total. The summed E-state index contributed by atoms with van der Waals surface area (Å²) in [7, 11) is 0. The second-order valence-corrected chi connectivity index (χ2v) is 5.87. The number of rotatable bonds is 4. The number of carbonyl (C=O) groups is 1. The first-order chi connectivity index (χ1) is 10.8. The van der Waals surface area contributed by atoms with Crippen LogP contribution < -0.4 is 5.32 Å². The molecule has 0 aliphatic carbocycles. The lowest BCUT2D eigenvalue weighted by atomic mass is 9.85. The highest BCUT2D eigenvalue weighted by Crippen LogP contribution is 2.30. The summed E-state index contributed by atoms with van der Waals surface area (Å²) in [6, 6.07) is 6.82. The van der Waals surface area contributed by atoms with Gasteiger partial charge in [0, 0.05) is 11.9 Å². The molecule has 1 aromatic carbocycles. The molecule has 8 heteroatoms. The van der Waals surface area contributed by atoms with Crippen LogP contribution in [0.25, 0.3) is 5.57 Å². The first-order valence-corrected chi connectivity index (χ1v) is 6.81. The number of aromatic amines is 1. The Balaban J connectivity index is 2.43. The largest absolute Gasteiger partial charge is 0.478 e. The smallest absolute Gasteiger partial charge is 0.335 e. The highest BCUT2D eigenvalue weighted by molar-refractivity contribution is 5.89. The first-order valence-electron chi connectivity index (χ1n) is 6.81. The van der Waals surface area contributed by atoms with Gasteiger partial charge >= 0.3 is 5.97 Å². The summed E-state index contributed by atoms with van der Waals surface area (Å²) < 4.78 is 0. The number of aromatic nitrogens is 4. The normalized spacial score (nSPS) is 11.8. The maximum atomic E-state index is 11.2. The molecule has 0 saturated heterocycles. The number of aromatic carboxylic acids is 1. The van der Waals surface area contributed by atoms with Crippen LogP contribution in [0.15, 0.2) is 24.4 Å². The number of hydrogen-bond acceptors (Lipinski definition) is 6. The number of carboxylic acid groups (broad SMARTS) is 1. The van der Waals surface area contributed by atoms with Crippen molar-refractivity contribution in [2.75, 3.05) is 5.32 Å². The first kappa shape index (κ1) is 16.2. The van der Waals surface area contributed by atoms with Gasteiger partial charge < -0.3 is 10.4 Å². The number of tetrazole rings is 1. The van der Waals surface area contributed by atoms with Crippen molar-refractivity contribution in [1.29, 1.82) is 5.26 Å². The molecule has 23 heavy (non-hydrogen) atoms. The summed E-state index contributed by atoms with van der Waals surface area (Å²) in [4.78, 5) is 11.2. The van der Waals surface area contributed by atoms with Crippen molar-refractivity contribution >= 4 is 17.2 Å². The molecule has 0 spiro atoms. The molecular formula is C15H16N6O2. The highest BCUT2D eigenvalue weighted by atomic mass is 16.4. The van der Waals surface area contributed by atoms with Crippen LogP contribution in [-0.4, -0.2) is 31.7 Å². The summed E-state index contributed by atoms with van der Waals surface area (Å²) in [5.74, 6) is -0.858. The standard InChI is InChI=1S/C15H16N6O2/c1-15(2,3)11-5-4-9(14(22)23)6-12(11)17-8-10(7-16)13-18-20-21-19-13/h4-6,8,17H,1-3H3,(H,22,23)(H,18,19,20,21). The van der Waals surface area contributed by atoms with Crippen molar-refractivity contribution in [3.8, 4) is 6.07 Å². The fraction of sp³-hybridized carbons (Fsp3) is 0.267. The van der Waals surface area contributed by atoms with Crippen LogP contribution in [0.3, 0.4) is 0 Å². The maximum absolute atomic E-state index is 11.2. The Morgan fingerprint density at radius 3 is 2.70 bits per heavy atom. The number of H-pyrrole nitrogens is 1. The van der Waals surface area contributed by atoms with E-state index in [2.05, 4.69) is 25.9 Å². The van der Waals surface area contributed by atoms with Crippen molar-refractivity contribution in [2.24, 2.45) is 0 Å². The van der Waals surface area contributed by atoms with E-state index in [1.165, 1.54) is 12.3 Å². The van der Waals surface area contributed by atoms with Gasteiger partial charge in [-0.3, -0.25) is 0 Å². The lowest BCUT2D eigenvalue weighted by Gasteiger charge is -2.23. The molecule has 0 radical (unpaired) electrons. The predicted octanol–water partition coefficient (Wildman–Crippen LogP) is 2.17. The van der Waals surface area contributed by atoms with E-state index in [1.54, 1.807) is 12.1 Å². The third-order valence-electron chi connectivity index (χ3n) is 3.15. The van der Waals surface area contributed by atoms with Crippen molar-refractivity contribution in [3.63, 3.8) is 0 Å². The topological polar surface area (TPSA) is 128 Å². The molecule has 0 saturated carbocycles. The van der Waals surface area contributed by atoms with E-state index in [4.69, 9.17) is 5.11 Å². The molecule has 2 aromatic rings. The van der Waals surface area contributed by atoms with Crippen molar-refractivity contribution in [2.45, 2.75) is 26.2 Å². The molecule has 0 atom stereocenters. The zero-order chi connectivity index (χ0) is 17.0. The summed E-state index contributed by atoms with van der Waals surface area (Å²) in [6.07, 6.45) is 1.43. The summed E-state index contributed by atoms with van der Waals surface area (Å²) in [6.45, 7) is 6.05. The van der Waals surface area contributed by atoms with Gasteiger partial charge in [-0.1, -0.05) is 26.8 Å². The Kier molecular flexibility index (Phi) is 4.41. The molecule has 2 rings (SSSR count). The maximum Gasteiger partial charge on any atom is 0.335 e. The van der Waals surface area contributed by atoms with Crippen molar-refractivity contribution in [1.82, 2.24) is 20.6 Å². The number of anilines is 1. The number of nitriles is 1. The molecule has 0 aliphatic rings. The molecule has 0 fully saturated rings. The molecule has 0 aliphatic heterocycles. The van der Waals surface area contributed by atoms with Crippen molar-refractivity contribution in [3.05, 3.63) is 41.4 Å². The fourth-order valence-electron chi connectivity index (χ4n) is 2.02. The van der Waals surface area contributed by atoms with E-state index in [1.807, 2.05) is 26.8 Å². The summed E-state index contributed by atoms with van der Waals surface area (Å²) in [5.41, 5.74) is 1.66. The molecule has 118 valence electrons. The van der Waals surface area contributed by atoms with Crippen LogP contribution in [0, 0.1) is 11.3 Å². The predicted molar refractivity (Wildman–Crippen MR) is 83.5 cm³/mol. The number of nitrogens with one attached hydrogen (secondary N) is 2. The minimum atomic E-state index is -1.02. The molecule has 0 unspecified atom stereocenters. The lowest BCUT2D eigenvalue weighted by molar-refractivity contribution is 0.0697. The van der Waals surface area contributed by atoms with E-state index in [-0.39, 0.29) is 22.4 Å². The van der Waals surface area contributed by atoms with Gasteiger partial charge in [-0.25, -0.2) is 4.79 Å². The van der Waals surface area contributed by atoms with E-state index in [0.717, 1.165) is 5.56 Å². The Labute approximate surface area is 132 Å². The van der Waals surface area contributed by atoms with Gasteiger partial charge in [0.15, 0.2) is 0 Å². The van der Waals surface area contributed by atoms with E-state index >= 15 is 0 Å². The van der Waals surface area contributed by atoms with Gasteiger partial charge in [-0.05, 0) is 28.3 Å². The summed E-state index contributed by atoms with van der Waals surface area (Å²) >= 11 is 0. The van der Waals surface area contributed by atoms with E-state index < -0.39 is 5.97 Å². The second kappa shape index (κ2) is 6.27. The van der Waals surface area contributed by atoms with Crippen molar-refractivity contribution < 1.29 is 9.90 Å². The number of allylic oxidation sites excluding steroid dienone is 1. The Morgan fingerprint density at radius 2 is 2.17 bits per heavy atom. The van der Waals surface area contributed by atoms with Gasteiger partial charge in [0.2, 0.25) is 5.82 Å².